The molecular formula is C17H16N4O2. The number of hydrogen-bond donors (Lipinski definition) is 1. The highest BCUT2D eigenvalue weighted by molar-refractivity contribution is 5.41. The van der Waals surface area contributed by atoms with E-state index in [4.69, 9.17) is 5.73 Å². The molecule has 116 valence electrons. The molecule has 0 spiro atoms. The van der Waals surface area contributed by atoms with Crippen LogP contribution < -0.4 is 5.73 Å². The summed E-state index contributed by atoms with van der Waals surface area (Å²) in [5.74, 6) is 0.855. The quantitative estimate of drug-likeness (QED) is 0.446. The lowest BCUT2D eigenvalue weighted by Crippen LogP contribution is -2.05. The summed E-state index contributed by atoms with van der Waals surface area (Å²) in [5, 5.41) is 10.9. The molecule has 0 unspecified atom stereocenters. The summed E-state index contributed by atoms with van der Waals surface area (Å²) in [5.41, 5.74) is 8.57. The molecule has 0 aliphatic rings. The molecule has 0 aliphatic heterocycles. The van der Waals surface area contributed by atoms with Crippen molar-refractivity contribution < 1.29 is 4.92 Å². The van der Waals surface area contributed by atoms with E-state index in [1.807, 2.05) is 41.1 Å². The molecule has 0 radical (unpaired) electrons. The second-order valence-electron chi connectivity index (χ2n) is 5.32. The minimum absolute atomic E-state index is 0.0939. The van der Waals surface area contributed by atoms with Crippen LogP contribution in [0.15, 0.2) is 60.9 Å². The number of aromatic nitrogens is 2. The van der Waals surface area contributed by atoms with Gasteiger partial charge in [-0.25, -0.2) is 4.98 Å². The van der Waals surface area contributed by atoms with Crippen molar-refractivity contribution in [1.82, 2.24) is 9.55 Å². The van der Waals surface area contributed by atoms with Gasteiger partial charge >= 0.3 is 0 Å². The molecule has 0 bridgehead atoms. The van der Waals surface area contributed by atoms with E-state index in [9.17, 15) is 10.1 Å². The molecule has 0 aliphatic carbocycles. The number of rotatable bonds is 5. The van der Waals surface area contributed by atoms with Crippen molar-refractivity contribution in [3.63, 3.8) is 0 Å². The van der Waals surface area contributed by atoms with Crippen LogP contribution in [0, 0.1) is 10.1 Å². The summed E-state index contributed by atoms with van der Waals surface area (Å²) in [6, 6.07) is 14.3. The Morgan fingerprint density at radius 1 is 1.13 bits per heavy atom. The van der Waals surface area contributed by atoms with Gasteiger partial charge in [-0.2, -0.15) is 0 Å². The third-order valence-electron chi connectivity index (χ3n) is 3.59. The lowest BCUT2D eigenvalue weighted by molar-refractivity contribution is -0.384. The Bertz CT molecular complexity index is 842. The molecule has 0 fully saturated rings. The molecule has 2 N–H and O–H groups in total. The van der Waals surface area contributed by atoms with Crippen LogP contribution in [0.25, 0.3) is 0 Å². The number of nitrogen functional groups attached to an aromatic ring is 1. The molecule has 6 nitrogen and oxygen atoms in total. The second-order valence-corrected chi connectivity index (χ2v) is 5.32. The van der Waals surface area contributed by atoms with Gasteiger partial charge in [0.05, 0.1) is 4.92 Å². The topological polar surface area (TPSA) is 87.0 Å². The van der Waals surface area contributed by atoms with Crippen molar-refractivity contribution in [2.45, 2.75) is 13.0 Å². The Hall–Kier alpha value is -3.15. The Labute approximate surface area is 133 Å². The Morgan fingerprint density at radius 3 is 2.70 bits per heavy atom. The Kier molecular flexibility index (Phi) is 4.05. The van der Waals surface area contributed by atoms with Gasteiger partial charge in [-0.1, -0.05) is 24.3 Å². The predicted octanol–water partition coefficient (Wildman–Crippen LogP) is 3.01. The SMILES string of the molecule is Nc1cccc(Cn2ccnc2Cc2cccc([N+](=O)[O-])c2)c1. The third-order valence-corrected chi connectivity index (χ3v) is 3.59. The first-order valence-corrected chi connectivity index (χ1v) is 7.19. The van der Waals surface area contributed by atoms with Gasteiger partial charge < -0.3 is 10.3 Å². The van der Waals surface area contributed by atoms with E-state index in [1.165, 1.54) is 6.07 Å². The summed E-state index contributed by atoms with van der Waals surface area (Å²) in [6.45, 7) is 0.662. The van der Waals surface area contributed by atoms with Crippen LogP contribution in [0.5, 0.6) is 0 Å². The number of anilines is 1. The average molecular weight is 308 g/mol. The molecule has 3 aromatic rings. The van der Waals surface area contributed by atoms with Crippen molar-refractivity contribution in [2.75, 3.05) is 5.73 Å². The van der Waals surface area contributed by atoms with Crippen molar-refractivity contribution in [3.05, 3.63) is 88.0 Å². The second kappa shape index (κ2) is 6.31. The summed E-state index contributed by atoms with van der Waals surface area (Å²) >= 11 is 0. The van der Waals surface area contributed by atoms with Crippen LogP contribution >= 0.6 is 0 Å². The summed E-state index contributed by atoms with van der Waals surface area (Å²) in [4.78, 5) is 14.8. The van der Waals surface area contributed by atoms with Gasteiger partial charge in [0, 0.05) is 43.2 Å². The maximum Gasteiger partial charge on any atom is 0.269 e. The Morgan fingerprint density at radius 2 is 1.91 bits per heavy atom. The van der Waals surface area contributed by atoms with E-state index in [1.54, 1.807) is 18.3 Å². The smallest absolute Gasteiger partial charge is 0.269 e. The maximum absolute atomic E-state index is 10.9. The molecule has 1 heterocycles. The van der Waals surface area contributed by atoms with Gasteiger partial charge in [-0.15, -0.1) is 0 Å². The monoisotopic (exact) mass is 308 g/mol. The molecule has 0 saturated carbocycles. The molecule has 2 aromatic carbocycles. The highest BCUT2D eigenvalue weighted by Gasteiger charge is 2.09. The number of imidazole rings is 1. The van der Waals surface area contributed by atoms with Gasteiger partial charge in [0.2, 0.25) is 0 Å². The summed E-state index contributed by atoms with van der Waals surface area (Å²) in [6.07, 6.45) is 4.17. The van der Waals surface area contributed by atoms with E-state index >= 15 is 0 Å². The first-order chi connectivity index (χ1) is 11.1. The van der Waals surface area contributed by atoms with Crippen molar-refractivity contribution in [1.29, 1.82) is 0 Å². The number of nitrogens with two attached hydrogens (primary N) is 1. The zero-order chi connectivity index (χ0) is 16.2. The van der Waals surface area contributed by atoms with Crippen LogP contribution in [0.3, 0.4) is 0 Å². The number of nitrogens with zero attached hydrogens (tertiary/aromatic N) is 3. The fraction of sp³-hybridized carbons (Fsp3) is 0.118. The van der Waals surface area contributed by atoms with Crippen LogP contribution in [-0.2, 0) is 13.0 Å². The lowest BCUT2D eigenvalue weighted by atomic mass is 10.1. The van der Waals surface area contributed by atoms with E-state index in [0.29, 0.717) is 13.0 Å². The first-order valence-electron chi connectivity index (χ1n) is 7.19. The molecule has 0 amide bonds. The van der Waals surface area contributed by atoms with Gasteiger partial charge in [0.15, 0.2) is 0 Å². The highest BCUT2D eigenvalue weighted by atomic mass is 16.6. The zero-order valence-corrected chi connectivity index (χ0v) is 12.4. The zero-order valence-electron chi connectivity index (χ0n) is 12.4. The van der Waals surface area contributed by atoms with Crippen LogP contribution in [0.2, 0.25) is 0 Å². The van der Waals surface area contributed by atoms with Crippen molar-refractivity contribution >= 4 is 11.4 Å². The van der Waals surface area contributed by atoms with E-state index in [2.05, 4.69) is 4.98 Å². The van der Waals surface area contributed by atoms with E-state index in [-0.39, 0.29) is 10.6 Å². The van der Waals surface area contributed by atoms with Crippen LogP contribution in [0.4, 0.5) is 11.4 Å². The third kappa shape index (κ3) is 3.55. The maximum atomic E-state index is 10.9. The molecule has 6 heteroatoms. The minimum atomic E-state index is -0.386. The van der Waals surface area contributed by atoms with Gasteiger partial charge in [-0.05, 0) is 23.3 Å². The number of benzene rings is 2. The normalized spacial score (nSPS) is 10.6. The van der Waals surface area contributed by atoms with Gasteiger partial charge in [0.1, 0.15) is 5.82 Å². The molecule has 3 rings (SSSR count). The average Bonchev–Trinajstić information content (AvgIpc) is 2.94. The molecule has 1 aromatic heterocycles. The van der Waals surface area contributed by atoms with Crippen molar-refractivity contribution in [2.24, 2.45) is 0 Å². The largest absolute Gasteiger partial charge is 0.399 e. The minimum Gasteiger partial charge on any atom is -0.399 e. The molecule has 0 saturated heterocycles. The fourth-order valence-electron chi connectivity index (χ4n) is 2.50. The highest BCUT2D eigenvalue weighted by Crippen LogP contribution is 2.17. The van der Waals surface area contributed by atoms with E-state index in [0.717, 1.165) is 22.6 Å². The summed E-state index contributed by atoms with van der Waals surface area (Å²) in [7, 11) is 0. The fourth-order valence-corrected chi connectivity index (χ4v) is 2.50. The molecular weight excluding hydrogens is 292 g/mol. The predicted molar refractivity (Wildman–Crippen MR) is 88.1 cm³/mol. The van der Waals surface area contributed by atoms with Gasteiger partial charge in [0.25, 0.3) is 5.69 Å². The number of non-ortho nitro benzene ring substituents is 1. The Balaban J connectivity index is 1.81. The van der Waals surface area contributed by atoms with E-state index < -0.39 is 0 Å². The van der Waals surface area contributed by atoms with Crippen molar-refractivity contribution in [3.8, 4) is 0 Å². The number of hydrogen-bond acceptors (Lipinski definition) is 4. The van der Waals surface area contributed by atoms with Crippen LogP contribution in [-0.4, -0.2) is 14.5 Å². The lowest BCUT2D eigenvalue weighted by Gasteiger charge is -2.09. The molecule has 23 heavy (non-hydrogen) atoms. The number of nitro groups is 1. The van der Waals surface area contributed by atoms with Gasteiger partial charge in [-0.3, -0.25) is 10.1 Å². The standard InChI is InChI=1S/C17H16N4O2/c18-15-5-1-4-14(9-15)12-20-8-7-19-17(20)11-13-3-2-6-16(10-13)21(22)23/h1-10H,11-12,18H2. The number of nitro benzene ring substituents is 1. The van der Waals surface area contributed by atoms with Crippen LogP contribution in [0.1, 0.15) is 17.0 Å². The summed E-state index contributed by atoms with van der Waals surface area (Å²) < 4.78 is 2.02. The molecule has 0 atom stereocenters. The first kappa shape index (κ1) is 14.8.